The zero-order valence-corrected chi connectivity index (χ0v) is 16.3. The molecule has 0 radical (unpaired) electrons. The van der Waals surface area contributed by atoms with Gasteiger partial charge in [-0.3, -0.25) is 4.79 Å². The Kier molecular flexibility index (Phi) is 4.18. The Bertz CT molecular complexity index is 926. The molecule has 3 nitrogen and oxygen atoms in total. The highest BCUT2D eigenvalue weighted by molar-refractivity contribution is 6.15. The maximum absolute atomic E-state index is 14.6. The monoisotopic (exact) mass is 352 g/mol. The number of hydrogen-bond acceptors (Lipinski definition) is 3. The van der Waals surface area contributed by atoms with Crippen molar-refractivity contribution in [1.82, 2.24) is 0 Å². The van der Waals surface area contributed by atoms with Crippen LogP contribution in [0.2, 0.25) is 0 Å². The summed E-state index contributed by atoms with van der Waals surface area (Å²) in [5.74, 6) is -0.523. The molecule has 0 amide bonds. The van der Waals surface area contributed by atoms with Crippen LogP contribution in [0.1, 0.15) is 46.5 Å². The molecule has 0 fully saturated rings. The fourth-order valence-electron chi connectivity index (χ4n) is 3.70. The lowest BCUT2D eigenvalue weighted by Crippen LogP contribution is -2.32. The van der Waals surface area contributed by atoms with E-state index in [9.17, 15) is 9.18 Å². The Labute approximate surface area is 154 Å². The van der Waals surface area contributed by atoms with E-state index < -0.39 is 5.41 Å². The van der Waals surface area contributed by atoms with Crippen molar-refractivity contribution < 1.29 is 9.18 Å². The fourth-order valence-corrected chi connectivity index (χ4v) is 3.70. The van der Waals surface area contributed by atoms with Gasteiger partial charge in [-0.05, 0) is 41.0 Å². The minimum atomic E-state index is -0.430. The quantitative estimate of drug-likeness (QED) is 0.814. The van der Waals surface area contributed by atoms with E-state index in [0.717, 1.165) is 22.4 Å². The molecule has 0 spiro atoms. The molecule has 0 bridgehead atoms. The normalized spacial score (nSPS) is 14.5. The molecule has 0 aliphatic heterocycles. The summed E-state index contributed by atoms with van der Waals surface area (Å²) in [6.45, 7) is 8.05. The number of nitrogens with zero attached hydrogens (tertiary/aromatic N) is 2. The van der Waals surface area contributed by atoms with Crippen LogP contribution in [-0.2, 0) is 5.41 Å². The van der Waals surface area contributed by atoms with Crippen LogP contribution in [0.4, 0.5) is 15.8 Å². The Morgan fingerprint density at radius 3 is 2.19 bits per heavy atom. The van der Waals surface area contributed by atoms with Gasteiger partial charge in [-0.15, -0.1) is 0 Å². The predicted octanol–water partition coefficient (Wildman–Crippen LogP) is 4.47. The highest BCUT2D eigenvalue weighted by Gasteiger charge is 2.39. The number of rotatable bonds is 3. The molecule has 1 aliphatic carbocycles. The van der Waals surface area contributed by atoms with Crippen molar-refractivity contribution in [1.29, 1.82) is 0 Å². The standard InChI is InChI=1S/C22H25FN2O/c1-8-13-9-14(24(4)5)10-17-20(13)21(26)15-11-18(23)19(25(6)7)12-16(15)22(17,2)3/h8-12H,1H2,2-7H3. The van der Waals surface area contributed by atoms with Crippen LogP contribution >= 0.6 is 0 Å². The van der Waals surface area contributed by atoms with Crippen molar-refractivity contribution in [2.45, 2.75) is 19.3 Å². The van der Waals surface area contributed by atoms with Crippen LogP contribution in [0.25, 0.3) is 6.08 Å². The summed E-state index contributed by atoms with van der Waals surface area (Å²) in [6, 6.07) is 7.20. The van der Waals surface area contributed by atoms with Crippen LogP contribution in [0.15, 0.2) is 30.8 Å². The van der Waals surface area contributed by atoms with Gasteiger partial charge in [-0.1, -0.05) is 26.5 Å². The summed E-state index contributed by atoms with van der Waals surface area (Å²) in [5.41, 5.74) is 4.72. The zero-order chi connectivity index (χ0) is 19.4. The average molecular weight is 352 g/mol. The van der Waals surface area contributed by atoms with Crippen LogP contribution in [0, 0.1) is 5.82 Å². The molecule has 4 heteroatoms. The summed E-state index contributed by atoms with van der Waals surface area (Å²) in [6.07, 6.45) is 1.70. The Balaban J connectivity index is 2.38. The Morgan fingerprint density at radius 2 is 1.65 bits per heavy atom. The first kappa shape index (κ1) is 18.2. The molecule has 2 aromatic carbocycles. The van der Waals surface area contributed by atoms with E-state index in [-0.39, 0.29) is 11.6 Å². The molecular formula is C22H25FN2O. The van der Waals surface area contributed by atoms with Gasteiger partial charge < -0.3 is 9.80 Å². The maximum atomic E-state index is 14.6. The topological polar surface area (TPSA) is 23.6 Å². The van der Waals surface area contributed by atoms with Crippen molar-refractivity contribution in [2.75, 3.05) is 38.0 Å². The molecule has 0 saturated carbocycles. The second-order valence-corrected chi connectivity index (χ2v) is 7.75. The van der Waals surface area contributed by atoms with E-state index in [2.05, 4.69) is 26.5 Å². The molecule has 0 aromatic heterocycles. The molecule has 26 heavy (non-hydrogen) atoms. The number of benzene rings is 2. The van der Waals surface area contributed by atoms with E-state index in [1.165, 1.54) is 6.07 Å². The van der Waals surface area contributed by atoms with Crippen LogP contribution in [0.3, 0.4) is 0 Å². The highest BCUT2D eigenvalue weighted by atomic mass is 19.1. The first-order valence-corrected chi connectivity index (χ1v) is 8.64. The summed E-state index contributed by atoms with van der Waals surface area (Å²) in [4.78, 5) is 17.0. The summed E-state index contributed by atoms with van der Waals surface area (Å²) in [7, 11) is 7.55. The van der Waals surface area contributed by atoms with E-state index in [0.29, 0.717) is 16.8 Å². The number of fused-ring (bicyclic) bond motifs is 2. The van der Waals surface area contributed by atoms with Crippen molar-refractivity contribution >= 4 is 23.2 Å². The fraction of sp³-hybridized carbons (Fsp3) is 0.318. The van der Waals surface area contributed by atoms with Crippen LogP contribution in [0.5, 0.6) is 0 Å². The third-order valence-corrected chi connectivity index (χ3v) is 5.28. The minimum Gasteiger partial charge on any atom is -0.378 e. The van der Waals surface area contributed by atoms with Crippen LogP contribution < -0.4 is 9.80 Å². The molecule has 3 rings (SSSR count). The first-order valence-electron chi connectivity index (χ1n) is 8.64. The summed E-state index contributed by atoms with van der Waals surface area (Å²) < 4.78 is 14.6. The molecule has 1 aliphatic rings. The lowest BCUT2D eigenvalue weighted by Gasteiger charge is -2.36. The van der Waals surface area contributed by atoms with E-state index in [1.54, 1.807) is 31.1 Å². The number of anilines is 2. The SMILES string of the molecule is C=Cc1cc(N(C)C)cc2c1C(=O)c1cc(F)c(N(C)C)cc1C2(C)C. The van der Waals surface area contributed by atoms with E-state index >= 15 is 0 Å². The summed E-state index contributed by atoms with van der Waals surface area (Å²) >= 11 is 0. The largest absolute Gasteiger partial charge is 0.378 e. The van der Waals surface area contributed by atoms with Crippen molar-refractivity contribution in [3.05, 3.63) is 64.5 Å². The number of carbonyl (C=O) groups is 1. The first-order chi connectivity index (χ1) is 12.1. The minimum absolute atomic E-state index is 0.140. The molecule has 0 saturated heterocycles. The summed E-state index contributed by atoms with van der Waals surface area (Å²) in [5, 5.41) is 0. The highest BCUT2D eigenvalue weighted by Crippen LogP contribution is 2.45. The smallest absolute Gasteiger partial charge is 0.194 e. The number of carbonyl (C=O) groups excluding carboxylic acids is 1. The molecule has 0 heterocycles. The third-order valence-electron chi connectivity index (χ3n) is 5.28. The lowest BCUT2D eigenvalue weighted by molar-refractivity contribution is 0.103. The molecule has 136 valence electrons. The average Bonchev–Trinajstić information content (AvgIpc) is 2.57. The van der Waals surface area contributed by atoms with Gasteiger partial charge in [0.2, 0.25) is 0 Å². The number of halogens is 1. The van der Waals surface area contributed by atoms with E-state index in [4.69, 9.17) is 0 Å². The van der Waals surface area contributed by atoms with Gasteiger partial charge in [-0.2, -0.15) is 0 Å². The van der Waals surface area contributed by atoms with Gasteiger partial charge in [0.05, 0.1) is 5.69 Å². The van der Waals surface area contributed by atoms with Gasteiger partial charge in [-0.25, -0.2) is 4.39 Å². The van der Waals surface area contributed by atoms with Gasteiger partial charge in [0.1, 0.15) is 5.82 Å². The second-order valence-electron chi connectivity index (χ2n) is 7.75. The Hall–Kier alpha value is -2.62. The zero-order valence-electron chi connectivity index (χ0n) is 16.3. The Morgan fingerprint density at radius 1 is 1.00 bits per heavy atom. The molecule has 0 N–H and O–H groups in total. The van der Waals surface area contributed by atoms with Gasteiger partial charge >= 0.3 is 0 Å². The predicted molar refractivity (Wildman–Crippen MR) is 107 cm³/mol. The number of ketones is 1. The molecule has 2 aromatic rings. The van der Waals surface area contributed by atoms with Gasteiger partial charge in [0, 0.05) is 50.4 Å². The van der Waals surface area contributed by atoms with E-state index in [1.807, 2.05) is 25.1 Å². The van der Waals surface area contributed by atoms with Gasteiger partial charge in [0.25, 0.3) is 0 Å². The number of hydrogen-bond donors (Lipinski definition) is 0. The van der Waals surface area contributed by atoms with Crippen LogP contribution in [-0.4, -0.2) is 34.0 Å². The maximum Gasteiger partial charge on any atom is 0.194 e. The van der Waals surface area contributed by atoms with Gasteiger partial charge in [0.15, 0.2) is 5.78 Å². The molecule has 0 unspecified atom stereocenters. The molecule has 0 atom stereocenters. The van der Waals surface area contributed by atoms with Crippen molar-refractivity contribution in [3.63, 3.8) is 0 Å². The third kappa shape index (κ3) is 2.52. The second kappa shape index (κ2) is 5.97. The molecular weight excluding hydrogens is 327 g/mol. The lowest BCUT2D eigenvalue weighted by atomic mass is 9.67. The van der Waals surface area contributed by atoms with Crippen molar-refractivity contribution in [2.24, 2.45) is 0 Å². The van der Waals surface area contributed by atoms with Crippen molar-refractivity contribution in [3.8, 4) is 0 Å².